The fourth-order valence-electron chi connectivity index (χ4n) is 1.97. The van der Waals surface area contributed by atoms with Crippen molar-refractivity contribution in [3.63, 3.8) is 0 Å². The number of piperidine rings is 1. The van der Waals surface area contributed by atoms with Crippen molar-refractivity contribution in [2.24, 2.45) is 5.92 Å². The van der Waals surface area contributed by atoms with Crippen molar-refractivity contribution in [3.8, 4) is 0 Å². The van der Waals surface area contributed by atoms with Crippen LogP contribution in [0, 0.1) is 5.92 Å². The van der Waals surface area contributed by atoms with E-state index < -0.39 is 0 Å². The van der Waals surface area contributed by atoms with E-state index in [9.17, 15) is 4.79 Å². The maximum Gasteiger partial charge on any atom is 0.220 e. The molecule has 2 nitrogen and oxygen atoms in total. The number of rotatable bonds is 2. The Hall–Kier alpha value is -1.31. The van der Waals surface area contributed by atoms with Crippen molar-refractivity contribution in [3.05, 3.63) is 35.9 Å². The monoisotopic (exact) mass is 189 g/mol. The number of nitrogens with one attached hydrogen (secondary N) is 1. The largest absolute Gasteiger partial charge is 0.356 e. The topological polar surface area (TPSA) is 29.1 Å². The van der Waals surface area contributed by atoms with E-state index in [2.05, 4.69) is 29.6 Å². The molecule has 0 aliphatic carbocycles. The highest BCUT2D eigenvalue weighted by atomic mass is 16.1. The van der Waals surface area contributed by atoms with Gasteiger partial charge in [0.1, 0.15) is 0 Å². The molecule has 0 bridgehead atoms. The second-order valence-corrected chi connectivity index (χ2v) is 3.90. The van der Waals surface area contributed by atoms with E-state index in [0.29, 0.717) is 12.3 Å². The summed E-state index contributed by atoms with van der Waals surface area (Å²) in [5, 5.41) is 2.86. The van der Waals surface area contributed by atoms with E-state index >= 15 is 0 Å². The van der Waals surface area contributed by atoms with Crippen LogP contribution in [-0.2, 0) is 11.2 Å². The Morgan fingerprint density at radius 2 is 2.07 bits per heavy atom. The normalized spacial score (nSPS) is 21.7. The van der Waals surface area contributed by atoms with Crippen LogP contribution in [0.3, 0.4) is 0 Å². The number of carbonyl (C=O) groups excluding carboxylic acids is 1. The molecule has 1 aliphatic rings. The summed E-state index contributed by atoms with van der Waals surface area (Å²) in [6, 6.07) is 10.4. The molecular formula is C12H15NO. The van der Waals surface area contributed by atoms with Crippen LogP contribution in [0.15, 0.2) is 30.3 Å². The Balaban J connectivity index is 1.94. The van der Waals surface area contributed by atoms with Crippen molar-refractivity contribution >= 4 is 5.91 Å². The Kier molecular flexibility index (Phi) is 2.82. The van der Waals surface area contributed by atoms with E-state index in [1.807, 2.05) is 6.07 Å². The quantitative estimate of drug-likeness (QED) is 0.754. The average Bonchev–Trinajstić information content (AvgIpc) is 2.19. The second-order valence-electron chi connectivity index (χ2n) is 3.90. The lowest BCUT2D eigenvalue weighted by molar-refractivity contribution is -0.123. The molecule has 1 fully saturated rings. The maximum atomic E-state index is 11.2. The molecule has 1 heterocycles. The zero-order valence-electron chi connectivity index (χ0n) is 8.20. The first-order valence-corrected chi connectivity index (χ1v) is 5.15. The zero-order chi connectivity index (χ0) is 9.80. The molecule has 14 heavy (non-hydrogen) atoms. The smallest absolute Gasteiger partial charge is 0.220 e. The molecule has 1 aromatic rings. The fraction of sp³-hybridized carbons (Fsp3) is 0.417. The van der Waals surface area contributed by atoms with Crippen LogP contribution >= 0.6 is 0 Å². The van der Waals surface area contributed by atoms with Crippen molar-refractivity contribution in [1.29, 1.82) is 0 Å². The highest BCUT2D eigenvalue weighted by molar-refractivity contribution is 5.76. The third-order valence-electron chi connectivity index (χ3n) is 2.72. The van der Waals surface area contributed by atoms with Gasteiger partial charge in [-0.1, -0.05) is 30.3 Å². The zero-order valence-corrected chi connectivity index (χ0v) is 8.20. The van der Waals surface area contributed by atoms with Crippen LogP contribution in [-0.4, -0.2) is 12.5 Å². The third-order valence-corrected chi connectivity index (χ3v) is 2.72. The van der Waals surface area contributed by atoms with Gasteiger partial charge in [-0.15, -0.1) is 0 Å². The standard InChI is InChI=1S/C12H15NO/c14-12-9-11(6-7-13-12)8-10-4-2-1-3-5-10/h1-5,11H,6-9H2,(H,13,14)/t11-/m1/s1. The Labute approximate surface area is 84.3 Å². The lowest BCUT2D eigenvalue weighted by Gasteiger charge is -2.21. The number of hydrogen-bond donors (Lipinski definition) is 1. The van der Waals surface area contributed by atoms with E-state index in [4.69, 9.17) is 0 Å². The number of carbonyl (C=O) groups is 1. The molecule has 1 atom stereocenters. The van der Waals surface area contributed by atoms with Crippen LogP contribution in [0.1, 0.15) is 18.4 Å². The minimum atomic E-state index is 0.206. The fourth-order valence-corrected chi connectivity index (χ4v) is 1.97. The second kappa shape index (κ2) is 4.27. The van der Waals surface area contributed by atoms with Gasteiger partial charge in [0.25, 0.3) is 0 Å². The molecule has 0 radical (unpaired) electrons. The van der Waals surface area contributed by atoms with Crippen LogP contribution in [0.5, 0.6) is 0 Å². The van der Waals surface area contributed by atoms with E-state index in [1.165, 1.54) is 5.56 Å². The summed E-state index contributed by atoms with van der Waals surface area (Å²) in [6.07, 6.45) is 2.84. The lowest BCUT2D eigenvalue weighted by atomic mass is 9.91. The molecule has 0 aromatic heterocycles. The van der Waals surface area contributed by atoms with Crippen LogP contribution in [0.4, 0.5) is 0 Å². The van der Waals surface area contributed by atoms with Gasteiger partial charge in [-0.05, 0) is 24.3 Å². The highest BCUT2D eigenvalue weighted by Gasteiger charge is 2.18. The predicted molar refractivity (Wildman–Crippen MR) is 55.9 cm³/mol. The van der Waals surface area contributed by atoms with Gasteiger partial charge >= 0.3 is 0 Å². The molecule has 1 aliphatic heterocycles. The highest BCUT2D eigenvalue weighted by Crippen LogP contribution is 2.18. The van der Waals surface area contributed by atoms with Gasteiger partial charge in [-0.25, -0.2) is 0 Å². The van der Waals surface area contributed by atoms with Crippen LogP contribution in [0.2, 0.25) is 0 Å². The predicted octanol–water partition coefficient (Wildman–Crippen LogP) is 1.76. The minimum absolute atomic E-state index is 0.206. The Morgan fingerprint density at radius 1 is 1.29 bits per heavy atom. The van der Waals surface area contributed by atoms with Gasteiger partial charge in [0.05, 0.1) is 0 Å². The van der Waals surface area contributed by atoms with E-state index in [-0.39, 0.29) is 5.91 Å². The molecule has 74 valence electrons. The van der Waals surface area contributed by atoms with Crippen molar-refractivity contribution in [2.75, 3.05) is 6.54 Å². The molecule has 2 heteroatoms. The maximum absolute atomic E-state index is 11.2. The first-order chi connectivity index (χ1) is 6.84. The number of benzene rings is 1. The molecule has 0 unspecified atom stereocenters. The molecule has 1 N–H and O–H groups in total. The van der Waals surface area contributed by atoms with E-state index in [1.54, 1.807) is 0 Å². The van der Waals surface area contributed by atoms with Gasteiger partial charge in [0, 0.05) is 13.0 Å². The van der Waals surface area contributed by atoms with Crippen molar-refractivity contribution in [1.82, 2.24) is 5.32 Å². The van der Waals surface area contributed by atoms with Gasteiger partial charge < -0.3 is 5.32 Å². The Bertz CT molecular complexity index is 307. The van der Waals surface area contributed by atoms with Crippen molar-refractivity contribution in [2.45, 2.75) is 19.3 Å². The molecule has 0 spiro atoms. The number of amides is 1. The average molecular weight is 189 g/mol. The molecule has 0 saturated carbocycles. The molecule has 1 aromatic carbocycles. The molecule has 1 saturated heterocycles. The molecular weight excluding hydrogens is 174 g/mol. The summed E-state index contributed by atoms with van der Waals surface area (Å²) in [6.45, 7) is 0.844. The van der Waals surface area contributed by atoms with Gasteiger partial charge in [-0.2, -0.15) is 0 Å². The Morgan fingerprint density at radius 3 is 2.79 bits per heavy atom. The van der Waals surface area contributed by atoms with E-state index in [0.717, 1.165) is 19.4 Å². The summed E-state index contributed by atoms with van der Waals surface area (Å²) < 4.78 is 0. The van der Waals surface area contributed by atoms with Gasteiger partial charge in [-0.3, -0.25) is 4.79 Å². The SMILES string of the molecule is O=C1C[C@@H](Cc2ccccc2)CCN1. The summed E-state index contributed by atoms with van der Waals surface area (Å²) in [4.78, 5) is 11.2. The molecule has 1 amide bonds. The minimum Gasteiger partial charge on any atom is -0.356 e. The summed E-state index contributed by atoms with van der Waals surface area (Å²) in [7, 11) is 0. The summed E-state index contributed by atoms with van der Waals surface area (Å²) in [5.41, 5.74) is 1.34. The van der Waals surface area contributed by atoms with Gasteiger partial charge in [0.2, 0.25) is 5.91 Å². The van der Waals surface area contributed by atoms with Crippen LogP contribution < -0.4 is 5.32 Å². The van der Waals surface area contributed by atoms with Crippen molar-refractivity contribution < 1.29 is 4.79 Å². The first kappa shape index (κ1) is 9.25. The third kappa shape index (κ3) is 2.34. The summed E-state index contributed by atoms with van der Waals surface area (Å²) >= 11 is 0. The molecule has 2 rings (SSSR count). The number of hydrogen-bond acceptors (Lipinski definition) is 1. The first-order valence-electron chi connectivity index (χ1n) is 5.15. The lowest BCUT2D eigenvalue weighted by Crippen LogP contribution is -2.34. The van der Waals surface area contributed by atoms with Crippen LogP contribution in [0.25, 0.3) is 0 Å². The summed E-state index contributed by atoms with van der Waals surface area (Å²) in [5.74, 6) is 0.739. The van der Waals surface area contributed by atoms with Gasteiger partial charge in [0.15, 0.2) is 0 Å².